The first kappa shape index (κ1) is 16.4. The molecule has 2 amide bonds. The van der Waals surface area contributed by atoms with Crippen LogP contribution in [0.1, 0.15) is 5.56 Å². The zero-order valence-electron chi connectivity index (χ0n) is 12.5. The monoisotopic (exact) mass is 360 g/mol. The van der Waals surface area contributed by atoms with Gasteiger partial charge in [-0.15, -0.1) is 0 Å². The first-order chi connectivity index (χ1) is 11.6. The van der Waals surface area contributed by atoms with Crippen molar-refractivity contribution in [3.05, 3.63) is 76.4 Å². The summed E-state index contributed by atoms with van der Waals surface area (Å²) in [7, 11) is 0. The summed E-state index contributed by atoms with van der Waals surface area (Å²) in [6.45, 7) is 0.528. The van der Waals surface area contributed by atoms with Crippen molar-refractivity contribution in [1.29, 1.82) is 0 Å². The van der Waals surface area contributed by atoms with Gasteiger partial charge in [-0.05, 0) is 35.9 Å². The fourth-order valence-corrected chi connectivity index (χ4v) is 2.45. The molecule has 2 aromatic carbocycles. The molecule has 1 heterocycles. The van der Waals surface area contributed by atoms with Crippen LogP contribution in [0.15, 0.2) is 60.8 Å². The Morgan fingerprint density at radius 1 is 1.00 bits per heavy atom. The molecule has 0 fully saturated rings. The van der Waals surface area contributed by atoms with Gasteiger partial charge in [0.1, 0.15) is 0 Å². The highest BCUT2D eigenvalue weighted by Crippen LogP contribution is 2.17. The molecule has 2 N–H and O–H groups in total. The number of urea groups is 1. The van der Waals surface area contributed by atoms with Crippen LogP contribution in [0.25, 0.3) is 0 Å². The predicted molar refractivity (Wildman–Crippen MR) is 96.9 cm³/mol. The molecule has 0 atom stereocenters. The third-order valence-electron chi connectivity index (χ3n) is 3.27. The molecule has 24 heavy (non-hydrogen) atoms. The lowest BCUT2D eigenvalue weighted by molar-refractivity contribution is 0.262. The molecule has 0 unspecified atom stereocenters. The number of anilines is 2. The Morgan fingerprint density at radius 2 is 1.75 bits per heavy atom. The van der Waals surface area contributed by atoms with Crippen molar-refractivity contribution in [2.75, 3.05) is 10.6 Å². The molecule has 0 spiro atoms. The van der Waals surface area contributed by atoms with Crippen LogP contribution in [0, 0.1) is 0 Å². The fraction of sp³-hybridized carbons (Fsp3) is 0.0588. The van der Waals surface area contributed by atoms with Crippen LogP contribution in [0.4, 0.5) is 16.3 Å². The average molecular weight is 361 g/mol. The van der Waals surface area contributed by atoms with Gasteiger partial charge >= 0.3 is 6.03 Å². The van der Waals surface area contributed by atoms with Crippen molar-refractivity contribution in [3.8, 4) is 0 Å². The number of benzene rings is 2. The third-order valence-corrected chi connectivity index (χ3v) is 3.90. The molecule has 5 nitrogen and oxygen atoms in total. The van der Waals surface area contributed by atoms with E-state index in [4.69, 9.17) is 23.2 Å². The van der Waals surface area contributed by atoms with Crippen molar-refractivity contribution in [3.63, 3.8) is 0 Å². The van der Waals surface area contributed by atoms with Crippen LogP contribution in [0.3, 0.4) is 0 Å². The summed E-state index contributed by atoms with van der Waals surface area (Å²) in [4.78, 5) is 12.0. The van der Waals surface area contributed by atoms with Crippen LogP contribution in [-0.2, 0) is 6.54 Å². The second-order valence-electron chi connectivity index (χ2n) is 5.08. The molecule has 3 rings (SSSR count). The van der Waals surface area contributed by atoms with E-state index in [-0.39, 0.29) is 6.03 Å². The summed E-state index contributed by atoms with van der Waals surface area (Å²) in [5.41, 5.74) is 1.60. The van der Waals surface area contributed by atoms with Crippen LogP contribution in [0.5, 0.6) is 0 Å². The molecule has 1 aromatic heterocycles. The zero-order valence-corrected chi connectivity index (χ0v) is 14.1. The lowest BCUT2D eigenvalue weighted by atomic mass is 10.2. The van der Waals surface area contributed by atoms with E-state index in [0.717, 1.165) is 5.56 Å². The molecule has 0 aliphatic rings. The molecule has 0 aliphatic heterocycles. The highest BCUT2D eigenvalue weighted by Gasteiger charge is 2.07. The number of carbonyl (C=O) groups is 1. The molecule has 0 aliphatic carbocycles. The Bertz CT molecular complexity index is 846. The molecule has 7 heteroatoms. The smallest absolute Gasteiger partial charge is 0.308 e. The Labute approximate surface area is 149 Å². The summed E-state index contributed by atoms with van der Waals surface area (Å²) >= 11 is 11.9. The van der Waals surface area contributed by atoms with Crippen molar-refractivity contribution in [1.82, 2.24) is 9.78 Å². The lowest BCUT2D eigenvalue weighted by Gasteiger charge is -2.06. The highest BCUT2D eigenvalue weighted by molar-refractivity contribution is 6.31. The molecule has 0 bridgehead atoms. The number of nitrogens with zero attached hydrogens (tertiary/aromatic N) is 2. The summed E-state index contributed by atoms with van der Waals surface area (Å²) in [6.07, 6.45) is 1.78. The number of hydrogen-bond donors (Lipinski definition) is 2. The topological polar surface area (TPSA) is 59.0 Å². The van der Waals surface area contributed by atoms with Crippen LogP contribution >= 0.6 is 23.2 Å². The van der Waals surface area contributed by atoms with Gasteiger partial charge < -0.3 is 5.32 Å². The molecular formula is C17H14Cl2N4O. The van der Waals surface area contributed by atoms with E-state index in [1.165, 1.54) is 0 Å². The number of halogens is 2. The molecule has 0 saturated carbocycles. The first-order valence-electron chi connectivity index (χ1n) is 7.20. The van der Waals surface area contributed by atoms with E-state index >= 15 is 0 Å². The molecule has 0 saturated heterocycles. The summed E-state index contributed by atoms with van der Waals surface area (Å²) in [5.74, 6) is 0.452. The van der Waals surface area contributed by atoms with Crippen molar-refractivity contribution in [2.45, 2.75) is 6.54 Å². The lowest BCUT2D eigenvalue weighted by Crippen LogP contribution is -2.19. The number of aromatic nitrogens is 2. The summed E-state index contributed by atoms with van der Waals surface area (Å²) in [6, 6.07) is 15.8. The van der Waals surface area contributed by atoms with Gasteiger partial charge in [0.05, 0.1) is 6.54 Å². The quantitative estimate of drug-likeness (QED) is 0.696. The van der Waals surface area contributed by atoms with Crippen LogP contribution in [-0.4, -0.2) is 15.8 Å². The predicted octanol–water partition coefficient (Wildman–Crippen LogP) is 4.88. The number of nitrogens with one attached hydrogen (secondary N) is 2. The minimum atomic E-state index is -0.375. The van der Waals surface area contributed by atoms with E-state index in [2.05, 4.69) is 15.7 Å². The SMILES string of the molecule is O=C(Nc1ccc(Cl)cc1)Nc1ccn(Cc2ccccc2Cl)n1. The number of rotatable bonds is 4. The average Bonchev–Trinajstić information content (AvgIpc) is 2.99. The molecule has 122 valence electrons. The van der Waals surface area contributed by atoms with E-state index in [0.29, 0.717) is 28.1 Å². The van der Waals surface area contributed by atoms with E-state index in [9.17, 15) is 4.79 Å². The van der Waals surface area contributed by atoms with Crippen molar-refractivity contribution < 1.29 is 4.79 Å². The van der Waals surface area contributed by atoms with E-state index in [1.807, 2.05) is 24.3 Å². The maximum absolute atomic E-state index is 12.0. The molecule has 0 radical (unpaired) electrons. The maximum Gasteiger partial charge on any atom is 0.324 e. The van der Waals surface area contributed by atoms with Gasteiger partial charge in [0.15, 0.2) is 5.82 Å². The van der Waals surface area contributed by atoms with Gasteiger partial charge in [-0.3, -0.25) is 10.00 Å². The Kier molecular flexibility index (Phi) is 5.03. The maximum atomic E-state index is 12.0. The Balaban J connectivity index is 1.60. The largest absolute Gasteiger partial charge is 0.324 e. The van der Waals surface area contributed by atoms with Crippen molar-refractivity contribution in [2.24, 2.45) is 0 Å². The fourth-order valence-electron chi connectivity index (χ4n) is 2.13. The second-order valence-corrected chi connectivity index (χ2v) is 5.92. The second kappa shape index (κ2) is 7.38. The van der Waals surface area contributed by atoms with Gasteiger partial charge in [0.25, 0.3) is 0 Å². The highest BCUT2D eigenvalue weighted by atomic mass is 35.5. The van der Waals surface area contributed by atoms with Gasteiger partial charge in [-0.25, -0.2) is 4.79 Å². The minimum absolute atomic E-state index is 0.375. The molecular weight excluding hydrogens is 347 g/mol. The van der Waals surface area contributed by atoms with Crippen LogP contribution < -0.4 is 10.6 Å². The van der Waals surface area contributed by atoms with Gasteiger partial charge in [-0.2, -0.15) is 5.10 Å². The van der Waals surface area contributed by atoms with Gasteiger partial charge in [0, 0.05) is 28.0 Å². The molecule has 3 aromatic rings. The standard InChI is InChI=1S/C17H14Cl2N4O/c18-13-5-7-14(8-6-13)20-17(24)21-16-9-10-23(22-16)11-12-3-1-2-4-15(12)19/h1-10H,11H2,(H2,20,21,22,24). The van der Waals surface area contributed by atoms with E-state index in [1.54, 1.807) is 41.2 Å². The number of amides is 2. The first-order valence-corrected chi connectivity index (χ1v) is 7.96. The minimum Gasteiger partial charge on any atom is -0.308 e. The summed E-state index contributed by atoms with van der Waals surface area (Å²) < 4.78 is 1.71. The Hall–Kier alpha value is -2.50. The van der Waals surface area contributed by atoms with Crippen LogP contribution in [0.2, 0.25) is 10.0 Å². The van der Waals surface area contributed by atoms with Crippen molar-refractivity contribution >= 4 is 40.7 Å². The zero-order chi connectivity index (χ0) is 16.9. The number of carbonyl (C=O) groups excluding carboxylic acids is 1. The van der Waals surface area contributed by atoms with E-state index < -0.39 is 0 Å². The van der Waals surface area contributed by atoms with Gasteiger partial charge in [0.2, 0.25) is 0 Å². The number of hydrogen-bond acceptors (Lipinski definition) is 2. The Morgan fingerprint density at radius 3 is 2.50 bits per heavy atom. The summed E-state index contributed by atoms with van der Waals surface area (Å²) in [5, 5.41) is 11.0. The third kappa shape index (κ3) is 4.28. The van der Waals surface area contributed by atoms with Gasteiger partial charge in [-0.1, -0.05) is 41.4 Å². The normalized spacial score (nSPS) is 10.4.